The quantitative estimate of drug-likeness (QED) is 0.561. The van der Waals surface area contributed by atoms with Crippen LogP contribution in [-0.2, 0) is 14.0 Å². The summed E-state index contributed by atoms with van der Waals surface area (Å²) in [6, 6.07) is 0. The zero-order valence-electron chi connectivity index (χ0n) is 15.6. The molecule has 1 saturated carbocycles. The van der Waals surface area contributed by atoms with Crippen molar-refractivity contribution >= 4 is 14.3 Å². The molecule has 0 unspecified atom stereocenters. The Kier molecular flexibility index (Phi) is 4.79. The van der Waals surface area contributed by atoms with Gasteiger partial charge in [0.1, 0.15) is 0 Å². The number of carbonyl (C=O) groups is 1. The molecule has 1 aliphatic carbocycles. The first-order valence-corrected chi connectivity index (χ1v) is 10.9. The molecule has 0 aromatic rings. The van der Waals surface area contributed by atoms with Crippen molar-refractivity contribution in [2.24, 2.45) is 17.3 Å². The monoisotopic (exact) mass is 314 g/mol. The highest BCUT2D eigenvalue weighted by molar-refractivity contribution is 6.74. The molecule has 0 spiro atoms. The van der Waals surface area contributed by atoms with Gasteiger partial charge in [0.15, 0.2) is 8.32 Å². The maximum absolute atomic E-state index is 12.3. The fraction of sp³-hybridized carbons (Fsp3) is 0.941. The van der Waals surface area contributed by atoms with Crippen LogP contribution in [-0.4, -0.2) is 27.0 Å². The van der Waals surface area contributed by atoms with Crippen LogP contribution >= 0.6 is 0 Å². The zero-order chi connectivity index (χ0) is 16.9. The third kappa shape index (κ3) is 2.81. The predicted molar refractivity (Wildman–Crippen MR) is 89.8 cm³/mol. The highest BCUT2D eigenvalue weighted by atomic mass is 28.4. The summed E-state index contributed by atoms with van der Waals surface area (Å²) in [5.74, 6) is 0.00725. The minimum absolute atomic E-state index is 0.00442. The molecule has 1 aliphatic rings. The maximum Gasteiger partial charge on any atom is 0.311 e. The number of esters is 1. The van der Waals surface area contributed by atoms with Gasteiger partial charge in [0.2, 0.25) is 0 Å². The summed E-state index contributed by atoms with van der Waals surface area (Å²) in [7, 11) is -0.493. The summed E-state index contributed by atoms with van der Waals surface area (Å²) in [6.45, 7) is 20.0. The number of rotatable bonds is 4. The lowest BCUT2D eigenvalue weighted by Crippen LogP contribution is -2.71. The summed E-state index contributed by atoms with van der Waals surface area (Å²) in [4.78, 5) is 12.3. The summed E-state index contributed by atoms with van der Waals surface area (Å²) < 4.78 is 11.9. The minimum Gasteiger partial charge on any atom is -0.469 e. The second-order valence-electron chi connectivity index (χ2n) is 8.97. The van der Waals surface area contributed by atoms with E-state index in [9.17, 15) is 4.79 Å². The molecule has 0 radical (unpaired) electrons. The Hall–Kier alpha value is -0.353. The Balaban J connectivity index is 3.27. The smallest absolute Gasteiger partial charge is 0.311 e. The minimum atomic E-state index is -1.97. The molecule has 1 fully saturated rings. The van der Waals surface area contributed by atoms with Crippen molar-refractivity contribution in [3.63, 3.8) is 0 Å². The largest absolute Gasteiger partial charge is 0.469 e. The van der Waals surface area contributed by atoms with Gasteiger partial charge in [-0.05, 0) is 35.9 Å². The fourth-order valence-corrected chi connectivity index (χ4v) is 5.45. The molecule has 0 heterocycles. The van der Waals surface area contributed by atoms with Gasteiger partial charge >= 0.3 is 5.97 Å². The predicted octanol–water partition coefficient (Wildman–Crippen LogP) is 4.62. The van der Waals surface area contributed by atoms with E-state index in [-0.39, 0.29) is 28.3 Å². The van der Waals surface area contributed by atoms with Crippen molar-refractivity contribution < 1.29 is 14.0 Å². The Morgan fingerprint density at radius 2 is 1.71 bits per heavy atom. The Bertz CT molecular complexity index is 407. The molecule has 0 aliphatic heterocycles. The lowest BCUT2D eigenvalue weighted by molar-refractivity contribution is -0.226. The average molecular weight is 315 g/mol. The van der Waals surface area contributed by atoms with Crippen molar-refractivity contribution in [1.82, 2.24) is 0 Å². The Labute approximate surface area is 131 Å². The second-order valence-corrected chi connectivity index (χ2v) is 13.7. The third-order valence-corrected chi connectivity index (χ3v) is 10.3. The first-order valence-electron chi connectivity index (χ1n) is 8.01. The highest BCUT2D eigenvalue weighted by Gasteiger charge is 2.67. The van der Waals surface area contributed by atoms with E-state index in [0.717, 1.165) is 6.42 Å². The molecule has 1 rings (SSSR count). The Morgan fingerprint density at radius 1 is 1.24 bits per heavy atom. The molecule has 0 amide bonds. The topological polar surface area (TPSA) is 35.5 Å². The maximum atomic E-state index is 12.3. The van der Waals surface area contributed by atoms with Gasteiger partial charge in [-0.15, -0.1) is 0 Å². The standard InChI is InChI=1S/C17H34O3Si/c1-12(2)17(20-21(9,10)15(3,4)5)13(14(18)19-8)11-16(17,6)7/h12-13H,11H2,1-10H3/t13-,17-/m0/s1. The molecule has 4 heteroatoms. The highest BCUT2D eigenvalue weighted by Crippen LogP contribution is 2.62. The van der Waals surface area contributed by atoms with E-state index >= 15 is 0 Å². The van der Waals surface area contributed by atoms with E-state index < -0.39 is 13.9 Å². The summed E-state index contributed by atoms with van der Waals surface area (Å²) in [5, 5.41) is 0.126. The lowest BCUT2D eigenvalue weighted by atomic mass is 9.48. The van der Waals surface area contributed by atoms with Crippen molar-refractivity contribution in [2.45, 2.75) is 78.6 Å². The molecule has 21 heavy (non-hydrogen) atoms. The van der Waals surface area contributed by atoms with E-state index in [0.29, 0.717) is 0 Å². The van der Waals surface area contributed by atoms with Gasteiger partial charge in [0, 0.05) is 0 Å². The number of hydrogen-bond donors (Lipinski definition) is 0. The van der Waals surface area contributed by atoms with Crippen LogP contribution in [0, 0.1) is 17.3 Å². The van der Waals surface area contributed by atoms with Crippen molar-refractivity contribution in [1.29, 1.82) is 0 Å². The SMILES string of the molecule is COC(=O)[C@@H]1CC(C)(C)[C@]1(O[Si](C)(C)C(C)(C)C)C(C)C. The van der Waals surface area contributed by atoms with Gasteiger partial charge in [-0.1, -0.05) is 48.5 Å². The van der Waals surface area contributed by atoms with Crippen LogP contribution in [0.5, 0.6) is 0 Å². The van der Waals surface area contributed by atoms with E-state index in [1.807, 2.05) is 0 Å². The number of methoxy groups -OCH3 is 1. The molecule has 0 saturated heterocycles. The van der Waals surface area contributed by atoms with Gasteiger partial charge < -0.3 is 9.16 Å². The van der Waals surface area contributed by atoms with E-state index in [2.05, 4.69) is 61.6 Å². The van der Waals surface area contributed by atoms with Crippen molar-refractivity contribution in [3.05, 3.63) is 0 Å². The van der Waals surface area contributed by atoms with Gasteiger partial charge in [-0.3, -0.25) is 4.79 Å². The van der Waals surface area contributed by atoms with Gasteiger partial charge in [-0.25, -0.2) is 0 Å². The normalized spacial score (nSPS) is 29.2. The van der Waals surface area contributed by atoms with Gasteiger partial charge in [0.25, 0.3) is 0 Å². The number of ether oxygens (including phenoxy) is 1. The molecule has 0 N–H and O–H groups in total. The van der Waals surface area contributed by atoms with Crippen LogP contribution in [0.2, 0.25) is 18.1 Å². The van der Waals surface area contributed by atoms with Gasteiger partial charge in [0.05, 0.1) is 18.6 Å². The van der Waals surface area contributed by atoms with Crippen molar-refractivity contribution in [2.75, 3.05) is 7.11 Å². The molecular formula is C17H34O3Si. The fourth-order valence-electron chi connectivity index (χ4n) is 3.65. The number of hydrogen-bond acceptors (Lipinski definition) is 3. The van der Waals surface area contributed by atoms with Crippen LogP contribution in [0.15, 0.2) is 0 Å². The molecule has 3 nitrogen and oxygen atoms in total. The molecule has 124 valence electrons. The molecular weight excluding hydrogens is 280 g/mol. The first-order chi connectivity index (χ1) is 9.23. The van der Waals surface area contributed by atoms with E-state index in [1.54, 1.807) is 0 Å². The van der Waals surface area contributed by atoms with Crippen LogP contribution in [0.3, 0.4) is 0 Å². The summed E-state index contributed by atoms with van der Waals surface area (Å²) >= 11 is 0. The first kappa shape index (κ1) is 18.7. The molecule has 0 aromatic heterocycles. The van der Waals surface area contributed by atoms with E-state index in [1.165, 1.54) is 7.11 Å². The molecule has 0 bridgehead atoms. The zero-order valence-corrected chi connectivity index (χ0v) is 16.6. The lowest BCUT2D eigenvalue weighted by Gasteiger charge is -2.65. The van der Waals surface area contributed by atoms with Crippen LogP contribution < -0.4 is 0 Å². The molecule has 0 aromatic carbocycles. The molecule has 2 atom stereocenters. The second kappa shape index (κ2) is 5.38. The van der Waals surface area contributed by atoms with Crippen LogP contribution in [0.4, 0.5) is 0 Å². The number of carbonyl (C=O) groups excluding carboxylic acids is 1. The average Bonchev–Trinajstić information content (AvgIpc) is 2.30. The van der Waals surface area contributed by atoms with Crippen LogP contribution in [0.1, 0.15) is 54.9 Å². The Morgan fingerprint density at radius 3 is 2.00 bits per heavy atom. The summed E-state index contributed by atoms with van der Waals surface area (Å²) in [5.41, 5.74) is -0.418. The van der Waals surface area contributed by atoms with Crippen molar-refractivity contribution in [3.8, 4) is 0 Å². The van der Waals surface area contributed by atoms with Gasteiger partial charge in [-0.2, -0.15) is 0 Å². The van der Waals surface area contributed by atoms with E-state index in [4.69, 9.17) is 9.16 Å². The van der Waals surface area contributed by atoms with Crippen LogP contribution in [0.25, 0.3) is 0 Å². The third-order valence-electron chi connectivity index (χ3n) is 5.86. The summed E-state index contributed by atoms with van der Waals surface area (Å²) in [6.07, 6.45) is 0.840.